The van der Waals surface area contributed by atoms with Crippen molar-refractivity contribution >= 4 is 16.9 Å². The van der Waals surface area contributed by atoms with Crippen LogP contribution in [0.1, 0.15) is 29.0 Å². The summed E-state index contributed by atoms with van der Waals surface area (Å²) in [4.78, 5) is 14.6. The first kappa shape index (κ1) is 14.0. The molecule has 1 N–H and O–H groups in total. The fourth-order valence-electron chi connectivity index (χ4n) is 1.92. The van der Waals surface area contributed by atoms with Crippen LogP contribution in [0.15, 0.2) is 33.8 Å². The fourth-order valence-corrected chi connectivity index (χ4v) is 1.92. The highest BCUT2D eigenvalue weighted by Crippen LogP contribution is 2.20. The standard InChI is InChI=1S/C14H16N4O2/c1-10-4-5-12-11(8-10)9-13(20-12)14(19)16-6-2-3-7-17-18-15/h4-5,8-9H,2-3,6-7H2,1H3,(H,16,19). The van der Waals surface area contributed by atoms with Crippen LogP contribution >= 0.6 is 0 Å². The smallest absolute Gasteiger partial charge is 0.287 e. The summed E-state index contributed by atoms with van der Waals surface area (Å²) >= 11 is 0. The van der Waals surface area contributed by atoms with Crippen LogP contribution in [-0.4, -0.2) is 19.0 Å². The lowest BCUT2D eigenvalue weighted by molar-refractivity contribution is 0.0927. The Bertz CT molecular complexity index is 656. The normalized spacial score (nSPS) is 10.2. The number of hydrogen-bond donors (Lipinski definition) is 1. The summed E-state index contributed by atoms with van der Waals surface area (Å²) in [6.07, 6.45) is 1.52. The lowest BCUT2D eigenvalue weighted by Crippen LogP contribution is -2.23. The maximum Gasteiger partial charge on any atom is 0.287 e. The number of aryl methyl sites for hydroxylation is 1. The molecule has 2 aromatic rings. The molecule has 0 aliphatic heterocycles. The molecule has 1 aromatic heterocycles. The molecule has 1 amide bonds. The summed E-state index contributed by atoms with van der Waals surface area (Å²) in [6.45, 7) is 2.99. The van der Waals surface area contributed by atoms with Crippen molar-refractivity contribution in [2.45, 2.75) is 19.8 Å². The molecule has 20 heavy (non-hydrogen) atoms. The largest absolute Gasteiger partial charge is 0.451 e. The van der Waals surface area contributed by atoms with Crippen LogP contribution < -0.4 is 5.32 Å². The first-order chi connectivity index (χ1) is 9.70. The number of fused-ring (bicyclic) bond motifs is 1. The van der Waals surface area contributed by atoms with Crippen LogP contribution in [-0.2, 0) is 0 Å². The van der Waals surface area contributed by atoms with Crippen LogP contribution in [0, 0.1) is 6.92 Å². The van der Waals surface area contributed by atoms with E-state index in [9.17, 15) is 4.79 Å². The third kappa shape index (κ3) is 3.52. The Balaban J connectivity index is 1.89. The van der Waals surface area contributed by atoms with Crippen molar-refractivity contribution in [3.63, 3.8) is 0 Å². The average Bonchev–Trinajstić information content (AvgIpc) is 2.85. The van der Waals surface area contributed by atoms with E-state index in [2.05, 4.69) is 15.3 Å². The third-order valence-corrected chi connectivity index (χ3v) is 2.93. The van der Waals surface area contributed by atoms with Crippen molar-refractivity contribution in [1.29, 1.82) is 0 Å². The van der Waals surface area contributed by atoms with E-state index >= 15 is 0 Å². The predicted octanol–water partition coefficient (Wildman–Crippen LogP) is 3.56. The van der Waals surface area contributed by atoms with Gasteiger partial charge in [-0.1, -0.05) is 16.7 Å². The van der Waals surface area contributed by atoms with Crippen LogP contribution in [0.25, 0.3) is 21.4 Å². The summed E-state index contributed by atoms with van der Waals surface area (Å²) in [5, 5.41) is 7.15. The van der Waals surface area contributed by atoms with E-state index in [1.54, 1.807) is 6.07 Å². The maximum atomic E-state index is 11.9. The molecule has 6 heteroatoms. The van der Waals surface area contributed by atoms with Gasteiger partial charge in [-0.15, -0.1) is 0 Å². The van der Waals surface area contributed by atoms with Gasteiger partial charge in [0.25, 0.3) is 5.91 Å². The van der Waals surface area contributed by atoms with Crippen molar-refractivity contribution in [3.8, 4) is 0 Å². The van der Waals surface area contributed by atoms with E-state index in [0.29, 0.717) is 24.4 Å². The number of furan rings is 1. The topological polar surface area (TPSA) is 91.0 Å². The Kier molecular flexibility index (Phi) is 4.63. The molecule has 0 fully saturated rings. The van der Waals surface area contributed by atoms with Gasteiger partial charge in [0.15, 0.2) is 5.76 Å². The molecule has 0 unspecified atom stereocenters. The minimum absolute atomic E-state index is 0.220. The maximum absolute atomic E-state index is 11.9. The van der Waals surface area contributed by atoms with Crippen molar-refractivity contribution in [2.75, 3.05) is 13.1 Å². The molecule has 104 valence electrons. The highest BCUT2D eigenvalue weighted by molar-refractivity contribution is 5.96. The zero-order valence-electron chi connectivity index (χ0n) is 11.3. The molecule has 0 bridgehead atoms. The number of rotatable bonds is 6. The fraction of sp³-hybridized carbons (Fsp3) is 0.357. The quantitative estimate of drug-likeness (QED) is 0.377. The Morgan fingerprint density at radius 3 is 3.05 bits per heavy atom. The van der Waals surface area contributed by atoms with Gasteiger partial charge in [-0.05, 0) is 43.5 Å². The molecule has 0 spiro atoms. The SMILES string of the molecule is Cc1ccc2oc(C(=O)NCCCCN=[N+]=[N-])cc2c1. The molecule has 6 nitrogen and oxygen atoms in total. The number of amides is 1. The lowest BCUT2D eigenvalue weighted by atomic mass is 10.2. The molecule has 1 aromatic carbocycles. The van der Waals surface area contributed by atoms with Crippen molar-refractivity contribution < 1.29 is 9.21 Å². The van der Waals surface area contributed by atoms with Gasteiger partial charge in [0, 0.05) is 23.4 Å². The van der Waals surface area contributed by atoms with Crippen molar-refractivity contribution in [3.05, 3.63) is 46.0 Å². The molecule has 2 rings (SSSR count). The Morgan fingerprint density at radius 2 is 2.25 bits per heavy atom. The number of unbranched alkanes of at least 4 members (excludes halogenated alkanes) is 1. The van der Waals surface area contributed by atoms with Gasteiger partial charge in [0.2, 0.25) is 0 Å². The minimum atomic E-state index is -0.220. The second-order valence-corrected chi connectivity index (χ2v) is 4.57. The highest BCUT2D eigenvalue weighted by atomic mass is 16.3. The molecule has 0 atom stereocenters. The summed E-state index contributed by atoms with van der Waals surface area (Å²) < 4.78 is 5.50. The van der Waals surface area contributed by atoms with Gasteiger partial charge in [-0.2, -0.15) is 0 Å². The van der Waals surface area contributed by atoms with Crippen molar-refractivity contribution in [2.24, 2.45) is 5.11 Å². The number of hydrogen-bond acceptors (Lipinski definition) is 3. The van der Waals surface area contributed by atoms with Crippen LogP contribution in [0.2, 0.25) is 0 Å². The molecule has 0 saturated heterocycles. The highest BCUT2D eigenvalue weighted by Gasteiger charge is 2.11. The predicted molar refractivity (Wildman–Crippen MR) is 76.5 cm³/mol. The number of nitrogens with one attached hydrogen (secondary N) is 1. The van der Waals surface area contributed by atoms with Gasteiger partial charge < -0.3 is 9.73 Å². The summed E-state index contributed by atoms with van der Waals surface area (Å²) in [5.41, 5.74) is 9.96. The van der Waals surface area contributed by atoms with E-state index in [1.165, 1.54) is 0 Å². The van der Waals surface area contributed by atoms with E-state index < -0.39 is 0 Å². The minimum Gasteiger partial charge on any atom is -0.451 e. The summed E-state index contributed by atoms with van der Waals surface area (Å²) in [5.74, 6) is 0.100. The van der Waals surface area contributed by atoms with Crippen molar-refractivity contribution in [1.82, 2.24) is 5.32 Å². The average molecular weight is 272 g/mol. The monoisotopic (exact) mass is 272 g/mol. The molecule has 0 aliphatic carbocycles. The second kappa shape index (κ2) is 6.63. The van der Waals surface area contributed by atoms with Gasteiger partial charge in [-0.3, -0.25) is 4.79 Å². The third-order valence-electron chi connectivity index (χ3n) is 2.93. The zero-order chi connectivity index (χ0) is 14.4. The lowest BCUT2D eigenvalue weighted by Gasteiger charge is -2.01. The zero-order valence-corrected chi connectivity index (χ0v) is 11.3. The molecular weight excluding hydrogens is 256 g/mol. The van der Waals surface area contributed by atoms with E-state index in [4.69, 9.17) is 9.95 Å². The van der Waals surface area contributed by atoms with Gasteiger partial charge in [0.1, 0.15) is 5.58 Å². The molecule has 0 saturated carbocycles. The summed E-state index contributed by atoms with van der Waals surface area (Å²) in [6, 6.07) is 7.54. The van der Waals surface area contributed by atoms with E-state index in [-0.39, 0.29) is 5.91 Å². The molecular formula is C14H16N4O2. The summed E-state index contributed by atoms with van der Waals surface area (Å²) in [7, 11) is 0. The molecule has 1 heterocycles. The van der Waals surface area contributed by atoms with Gasteiger partial charge in [0.05, 0.1) is 0 Å². The Hall–Kier alpha value is -2.46. The van der Waals surface area contributed by atoms with Gasteiger partial charge >= 0.3 is 0 Å². The van der Waals surface area contributed by atoms with Crippen LogP contribution in [0.3, 0.4) is 0 Å². The van der Waals surface area contributed by atoms with E-state index in [0.717, 1.165) is 23.8 Å². The first-order valence-electron chi connectivity index (χ1n) is 6.50. The number of carbonyl (C=O) groups excluding carboxylic acids is 1. The van der Waals surface area contributed by atoms with Gasteiger partial charge in [-0.25, -0.2) is 0 Å². The Morgan fingerprint density at radius 1 is 1.40 bits per heavy atom. The second-order valence-electron chi connectivity index (χ2n) is 4.57. The Labute approximate surface area is 116 Å². The number of nitrogens with zero attached hydrogens (tertiary/aromatic N) is 3. The van der Waals surface area contributed by atoms with Crippen LogP contribution in [0.5, 0.6) is 0 Å². The molecule has 0 aliphatic rings. The number of azide groups is 1. The van der Waals surface area contributed by atoms with Crippen LogP contribution in [0.4, 0.5) is 0 Å². The molecule has 0 radical (unpaired) electrons. The first-order valence-corrected chi connectivity index (χ1v) is 6.50. The number of benzene rings is 1. The van der Waals surface area contributed by atoms with E-state index in [1.807, 2.05) is 25.1 Å². The number of carbonyl (C=O) groups is 1.